The van der Waals surface area contributed by atoms with Crippen LogP contribution in [0.1, 0.15) is 38.1 Å². The van der Waals surface area contributed by atoms with Crippen LogP contribution in [0.2, 0.25) is 0 Å². The third-order valence-corrected chi connectivity index (χ3v) is 5.01. The van der Waals surface area contributed by atoms with Crippen molar-refractivity contribution in [3.63, 3.8) is 0 Å². The molecule has 0 N–H and O–H groups in total. The Labute approximate surface area is 143 Å². The molecule has 0 radical (unpaired) electrons. The number of nitrogens with zero attached hydrogens (tertiary/aromatic N) is 2. The standard InChI is InChI=1S/C17H24N2O4S/c1-5-9-22-16-8-7-15(12-17(16)23-10-6-2)24(20,21)19-14(4)11-13(3)18-19/h7-8,11-12H,5-6,9-10H2,1-4H3. The van der Waals surface area contributed by atoms with Crippen molar-refractivity contribution < 1.29 is 17.9 Å². The molecular formula is C17H24N2O4S. The van der Waals surface area contributed by atoms with Crippen molar-refractivity contribution in [2.45, 2.75) is 45.4 Å². The largest absolute Gasteiger partial charge is 0.490 e. The second-order valence-corrected chi connectivity index (χ2v) is 7.35. The highest BCUT2D eigenvalue weighted by Crippen LogP contribution is 2.31. The van der Waals surface area contributed by atoms with Crippen LogP contribution >= 0.6 is 0 Å². The predicted molar refractivity (Wildman–Crippen MR) is 92.3 cm³/mol. The lowest BCUT2D eigenvalue weighted by molar-refractivity contribution is 0.267. The van der Waals surface area contributed by atoms with Crippen LogP contribution in [0.25, 0.3) is 0 Å². The third-order valence-electron chi connectivity index (χ3n) is 3.33. The molecule has 0 aliphatic heterocycles. The first-order valence-corrected chi connectivity index (χ1v) is 9.52. The summed E-state index contributed by atoms with van der Waals surface area (Å²) >= 11 is 0. The summed E-state index contributed by atoms with van der Waals surface area (Å²) in [7, 11) is -3.76. The maximum atomic E-state index is 12.8. The Morgan fingerprint density at radius 1 is 1.00 bits per heavy atom. The van der Waals surface area contributed by atoms with Crippen molar-refractivity contribution in [2.75, 3.05) is 13.2 Å². The van der Waals surface area contributed by atoms with Gasteiger partial charge >= 0.3 is 0 Å². The average Bonchev–Trinajstić information content (AvgIpc) is 2.90. The lowest BCUT2D eigenvalue weighted by Crippen LogP contribution is -2.16. The molecule has 0 aliphatic rings. The van der Waals surface area contributed by atoms with Gasteiger partial charge in [-0.15, -0.1) is 0 Å². The Morgan fingerprint density at radius 2 is 1.62 bits per heavy atom. The first kappa shape index (κ1) is 18.3. The van der Waals surface area contributed by atoms with Gasteiger partial charge in [0.05, 0.1) is 29.5 Å². The van der Waals surface area contributed by atoms with Crippen molar-refractivity contribution >= 4 is 10.0 Å². The normalized spacial score (nSPS) is 11.5. The van der Waals surface area contributed by atoms with E-state index in [0.717, 1.165) is 16.9 Å². The summed E-state index contributed by atoms with van der Waals surface area (Å²) in [6.45, 7) is 8.51. The van der Waals surface area contributed by atoms with E-state index in [1.807, 2.05) is 13.8 Å². The van der Waals surface area contributed by atoms with Gasteiger partial charge in [0.2, 0.25) is 0 Å². The van der Waals surface area contributed by atoms with Crippen LogP contribution in [0.5, 0.6) is 11.5 Å². The minimum absolute atomic E-state index is 0.128. The third kappa shape index (κ3) is 3.90. The molecule has 1 aromatic carbocycles. The zero-order chi connectivity index (χ0) is 17.7. The van der Waals surface area contributed by atoms with Crippen LogP contribution in [0.15, 0.2) is 29.2 Å². The van der Waals surface area contributed by atoms with Crippen LogP contribution < -0.4 is 9.47 Å². The Hall–Kier alpha value is -2.02. The molecule has 0 bridgehead atoms. The van der Waals surface area contributed by atoms with Gasteiger partial charge in [0, 0.05) is 6.07 Å². The van der Waals surface area contributed by atoms with Crippen molar-refractivity contribution in [2.24, 2.45) is 0 Å². The average molecular weight is 352 g/mol. The van der Waals surface area contributed by atoms with Crippen LogP contribution in [0, 0.1) is 13.8 Å². The van der Waals surface area contributed by atoms with Gasteiger partial charge in [-0.25, -0.2) is 0 Å². The summed E-state index contributed by atoms with van der Waals surface area (Å²) in [6.07, 6.45) is 1.68. The fraction of sp³-hybridized carbons (Fsp3) is 0.471. The number of aryl methyl sites for hydroxylation is 2. The van der Waals surface area contributed by atoms with Crippen LogP contribution in [-0.2, 0) is 10.0 Å². The van der Waals surface area contributed by atoms with E-state index in [4.69, 9.17) is 9.47 Å². The SMILES string of the molecule is CCCOc1ccc(S(=O)(=O)n2nc(C)cc2C)cc1OCCC. The Bertz CT molecular complexity index is 797. The van der Waals surface area contributed by atoms with Gasteiger partial charge in [0.15, 0.2) is 11.5 Å². The van der Waals surface area contributed by atoms with E-state index in [2.05, 4.69) is 5.10 Å². The lowest BCUT2D eigenvalue weighted by atomic mass is 10.3. The minimum atomic E-state index is -3.76. The van der Waals surface area contributed by atoms with Gasteiger partial charge in [-0.3, -0.25) is 0 Å². The Kier molecular flexibility index (Phi) is 5.88. The molecule has 2 aromatic rings. The molecule has 0 atom stereocenters. The number of rotatable bonds is 8. The quantitative estimate of drug-likeness (QED) is 0.729. The number of hydrogen-bond acceptors (Lipinski definition) is 5. The Morgan fingerprint density at radius 3 is 2.17 bits per heavy atom. The molecule has 0 aliphatic carbocycles. The number of ether oxygens (including phenoxy) is 2. The summed E-state index contributed by atoms with van der Waals surface area (Å²) in [5, 5.41) is 4.08. The second kappa shape index (κ2) is 7.70. The zero-order valence-electron chi connectivity index (χ0n) is 14.6. The topological polar surface area (TPSA) is 70.4 Å². The molecule has 0 fully saturated rings. The molecule has 6 nitrogen and oxygen atoms in total. The van der Waals surface area contributed by atoms with Crippen molar-refractivity contribution in [3.05, 3.63) is 35.7 Å². The van der Waals surface area contributed by atoms with Crippen molar-refractivity contribution in [1.29, 1.82) is 0 Å². The van der Waals surface area contributed by atoms with Crippen LogP contribution in [-0.4, -0.2) is 30.8 Å². The molecule has 0 saturated heterocycles. The molecule has 132 valence electrons. The molecular weight excluding hydrogens is 328 g/mol. The summed E-state index contributed by atoms with van der Waals surface area (Å²) < 4.78 is 38.0. The maximum absolute atomic E-state index is 12.8. The molecule has 1 aromatic heterocycles. The summed E-state index contributed by atoms with van der Waals surface area (Å²) in [4.78, 5) is 0.128. The van der Waals surface area contributed by atoms with E-state index in [9.17, 15) is 8.42 Å². The van der Waals surface area contributed by atoms with E-state index in [1.54, 1.807) is 26.0 Å². The Balaban J connectivity index is 2.44. The van der Waals surface area contributed by atoms with E-state index in [-0.39, 0.29) is 4.90 Å². The minimum Gasteiger partial charge on any atom is -0.490 e. The van der Waals surface area contributed by atoms with Gasteiger partial charge in [-0.2, -0.15) is 17.6 Å². The highest BCUT2D eigenvalue weighted by molar-refractivity contribution is 7.89. The van der Waals surface area contributed by atoms with E-state index in [0.29, 0.717) is 36.1 Å². The summed E-state index contributed by atoms with van der Waals surface area (Å²) in [6, 6.07) is 6.39. The van der Waals surface area contributed by atoms with Gasteiger partial charge in [0.1, 0.15) is 0 Å². The molecule has 0 saturated carbocycles. The highest BCUT2D eigenvalue weighted by atomic mass is 32.2. The van der Waals surface area contributed by atoms with Crippen LogP contribution in [0.3, 0.4) is 0 Å². The number of benzene rings is 1. The fourth-order valence-corrected chi connectivity index (χ4v) is 3.62. The first-order chi connectivity index (χ1) is 11.4. The van der Waals surface area contributed by atoms with Crippen molar-refractivity contribution in [1.82, 2.24) is 9.19 Å². The lowest BCUT2D eigenvalue weighted by Gasteiger charge is -2.14. The smallest absolute Gasteiger partial charge is 0.283 e. The molecule has 24 heavy (non-hydrogen) atoms. The van der Waals surface area contributed by atoms with E-state index < -0.39 is 10.0 Å². The van der Waals surface area contributed by atoms with Gasteiger partial charge < -0.3 is 9.47 Å². The van der Waals surface area contributed by atoms with Gasteiger partial charge in [-0.1, -0.05) is 13.8 Å². The molecule has 0 amide bonds. The fourth-order valence-electron chi connectivity index (χ4n) is 2.26. The predicted octanol–water partition coefficient (Wildman–Crippen LogP) is 3.31. The van der Waals surface area contributed by atoms with E-state index in [1.165, 1.54) is 12.1 Å². The number of hydrogen-bond donors (Lipinski definition) is 0. The highest BCUT2D eigenvalue weighted by Gasteiger charge is 2.22. The maximum Gasteiger partial charge on any atom is 0.283 e. The van der Waals surface area contributed by atoms with Gasteiger partial charge in [0.25, 0.3) is 10.0 Å². The second-order valence-electron chi connectivity index (χ2n) is 5.58. The first-order valence-electron chi connectivity index (χ1n) is 8.08. The molecule has 1 heterocycles. The summed E-state index contributed by atoms with van der Waals surface area (Å²) in [5.41, 5.74) is 1.22. The van der Waals surface area contributed by atoms with Gasteiger partial charge in [-0.05, 0) is 44.9 Å². The molecule has 2 rings (SSSR count). The van der Waals surface area contributed by atoms with Crippen molar-refractivity contribution in [3.8, 4) is 11.5 Å². The molecule has 7 heteroatoms. The monoisotopic (exact) mass is 352 g/mol. The zero-order valence-corrected chi connectivity index (χ0v) is 15.4. The van der Waals surface area contributed by atoms with E-state index >= 15 is 0 Å². The molecule has 0 spiro atoms. The molecule has 0 unspecified atom stereocenters. The summed E-state index contributed by atoms with van der Waals surface area (Å²) in [5.74, 6) is 0.991. The number of aromatic nitrogens is 2. The van der Waals surface area contributed by atoms with Crippen LogP contribution in [0.4, 0.5) is 0 Å².